The van der Waals surface area contributed by atoms with Crippen LogP contribution in [0.2, 0.25) is 0 Å². The highest BCUT2D eigenvalue weighted by Gasteiger charge is 2.60. The maximum atomic E-state index is 13.2. The van der Waals surface area contributed by atoms with E-state index in [1.807, 2.05) is 6.92 Å². The number of alkyl halides is 1. The third kappa shape index (κ3) is 2.59. The SMILES string of the molecule is COC(=O)[C@]1(C)CCC[C@]2(C)c3ccc(C(C)C)cc3C(=O)[C@@H](Br)[C@H]12. The third-order valence-electron chi connectivity index (χ3n) is 6.55. The van der Waals surface area contributed by atoms with Crippen molar-refractivity contribution in [3.8, 4) is 0 Å². The molecular weight excluding hydrogens is 380 g/mol. The second-order valence-electron chi connectivity index (χ2n) is 8.38. The lowest BCUT2D eigenvalue weighted by atomic mass is 9.49. The lowest BCUT2D eigenvalue weighted by molar-refractivity contribution is -0.160. The van der Waals surface area contributed by atoms with Crippen LogP contribution in [0.4, 0.5) is 0 Å². The average Bonchev–Trinajstić information content (AvgIpc) is 2.58. The molecular formula is C21H27BrO3. The van der Waals surface area contributed by atoms with E-state index in [9.17, 15) is 9.59 Å². The lowest BCUT2D eigenvalue weighted by Crippen LogP contribution is -2.58. The number of esters is 1. The van der Waals surface area contributed by atoms with Gasteiger partial charge in [0.25, 0.3) is 0 Å². The predicted octanol–water partition coefficient (Wildman–Crippen LogP) is 5.01. The summed E-state index contributed by atoms with van der Waals surface area (Å²) in [6.45, 7) is 8.46. The molecule has 1 saturated carbocycles. The van der Waals surface area contributed by atoms with Gasteiger partial charge in [-0.05, 0) is 48.3 Å². The summed E-state index contributed by atoms with van der Waals surface area (Å²) in [6.07, 6.45) is 2.69. The van der Waals surface area contributed by atoms with Crippen molar-refractivity contribution in [2.75, 3.05) is 7.11 Å². The zero-order valence-electron chi connectivity index (χ0n) is 15.7. The minimum atomic E-state index is -0.653. The summed E-state index contributed by atoms with van der Waals surface area (Å²) in [5.74, 6) is 0.162. The number of Topliss-reactive ketones (excluding diaryl/α,β-unsaturated/α-hetero) is 1. The molecule has 0 aromatic heterocycles. The normalized spacial score (nSPS) is 34.4. The first kappa shape index (κ1) is 18.6. The van der Waals surface area contributed by atoms with E-state index in [2.05, 4.69) is 54.9 Å². The number of halogens is 1. The van der Waals surface area contributed by atoms with E-state index in [1.54, 1.807) is 0 Å². The maximum Gasteiger partial charge on any atom is 0.311 e. The lowest BCUT2D eigenvalue weighted by Gasteiger charge is -2.55. The number of benzene rings is 1. The Morgan fingerprint density at radius 3 is 2.56 bits per heavy atom. The van der Waals surface area contributed by atoms with E-state index in [0.717, 1.165) is 30.4 Å². The first-order valence-electron chi connectivity index (χ1n) is 9.08. The number of hydrogen-bond acceptors (Lipinski definition) is 3. The van der Waals surface area contributed by atoms with E-state index in [0.29, 0.717) is 5.92 Å². The summed E-state index contributed by atoms with van der Waals surface area (Å²) >= 11 is 3.68. The van der Waals surface area contributed by atoms with Crippen molar-refractivity contribution < 1.29 is 14.3 Å². The monoisotopic (exact) mass is 406 g/mol. The van der Waals surface area contributed by atoms with Crippen molar-refractivity contribution in [2.24, 2.45) is 11.3 Å². The summed E-state index contributed by atoms with van der Waals surface area (Å²) in [6, 6.07) is 6.32. The van der Waals surface area contributed by atoms with Crippen LogP contribution in [-0.4, -0.2) is 23.7 Å². The molecule has 0 aliphatic heterocycles. The van der Waals surface area contributed by atoms with Crippen LogP contribution >= 0.6 is 15.9 Å². The van der Waals surface area contributed by atoms with Crippen LogP contribution in [0.1, 0.15) is 74.4 Å². The number of ketones is 1. The number of carbonyl (C=O) groups is 2. The first-order chi connectivity index (χ1) is 11.7. The smallest absolute Gasteiger partial charge is 0.311 e. The topological polar surface area (TPSA) is 43.4 Å². The number of hydrogen-bond donors (Lipinski definition) is 0. The molecule has 0 spiro atoms. The second kappa shape index (κ2) is 6.22. The Morgan fingerprint density at radius 2 is 1.96 bits per heavy atom. The molecule has 3 nitrogen and oxygen atoms in total. The molecule has 4 atom stereocenters. The molecule has 0 amide bonds. The molecule has 0 heterocycles. The first-order valence-corrected chi connectivity index (χ1v) is 9.99. The van der Waals surface area contributed by atoms with Gasteiger partial charge < -0.3 is 4.74 Å². The molecule has 0 N–H and O–H groups in total. The van der Waals surface area contributed by atoms with Crippen LogP contribution in [0.5, 0.6) is 0 Å². The van der Waals surface area contributed by atoms with E-state index < -0.39 is 5.41 Å². The largest absolute Gasteiger partial charge is 0.469 e. The van der Waals surface area contributed by atoms with Crippen LogP contribution in [0.25, 0.3) is 0 Å². The minimum absolute atomic E-state index is 0.0944. The Bertz CT molecular complexity index is 726. The molecule has 25 heavy (non-hydrogen) atoms. The molecule has 2 aliphatic rings. The number of ether oxygens (including phenoxy) is 1. The van der Waals surface area contributed by atoms with Crippen LogP contribution in [-0.2, 0) is 14.9 Å². The molecule has 0 saturated heterocycles. The Kier molecular flexibility index (Phi) is 4.64. The number of rotatable bonds is 2. The van der Waals surface area contributed by atoms with Gasteiger partial charge in [0.1, 0.15) is 0 Å². The molecule has 0 unspecified atom stereocenters. The Morgan fingerprint density at radius 1 is 1.28 bits per heavy atom. The van der Waals surface area contributed by atoms with Gasteiger partial charge in [-0.25, -0.2) is 0 Å². The van der Waals surface area contributed by atoms with Crippen LogP contribution in [0.3, 0.4) is 0 Å². The maximum absolute atomic E-state index is 13.2. The van der Waals surface area contributed by atoms with Crippen LogP contribution < -0.4 is 0 Å². The Hall–Kier alpha value is -1.16. The fourth-order valence-electron chi connectivity index (χ4n) is 5.17. The van der Waals surface area contributed by atoms with Crippen molar-refractivity contribution in [2.45, 2.75) is 63.1 Å². The molecule has 4 heteroatoms. The van der Waals surface area contributed by atoms with Gasteiger partial charge >= 0.3 is 5.97 Å². The molecule has 0 bridgehead atoms. The number of fused-ring (bicyclic) bond motifs is 3. The molecule has 3 rings (SSSR count). The predicted molar refractivity (Wildman–Crippen MR) is 102 cm³/mol. The van der Waals surface area contributed by atoms with Crippen molar-refractivity contribution >= 4 is 27.7 Å². The highest BCUT2D eigenvalue weighted by Crippen LogP contribution is 2.59. The molecule has 1 fully saturated rings. The standard InChI is InChI=1S/C21H27BrO3/c1-12(2)13-7-8-15-14(11-13)17(23)16(22)18-20(15,3)9-6-10-21(18,4)19(24)25-5/h7-8,11-12,16,18H,6,9-10H2,1-5H3/t16-,18+,20-,21-/m1/s1. The third-order valence-corrected chi connectivity index (χ3v) is 7.50. The Balaban J connectivity index is 2.20. The summed E-state index contributed by atoms with van der Waals surface area (Å²) in [5.41, 5.74) is 2.23. The molecule has 136 valence electrons. The average molecular weight is 407 g/mol. The van der Waals surface area contributed by atoms with Gasteiger partial charge in [0, 0.05) is 11.5 Å². The second-order valence-corrected chi connectivity index (χ2v) is 9.37. The molecule has 1 aromatic rings. The summed E-state index contributed by atoms with van der Waals surface area (Å²) in [7, 11) is 1.44. The Labute approximate surface area is 158 Å². The van der Waals surface area contributed by atoms with Gasteiger partial charge in [-0.15, -0.1) is 0 Å². The fourth-order valence-corrected chi connectivity index (χ4v) is 6.58. The zero-order chi connectivity index (χ0) is 18.6. The quantitative estimate of drug-likeness (QED) is 0.512. The summed E-state index contributed by atoms with van der Waals surface area (Å²) in [4.78, 5) is 25.5. The van der Waals surface area contributed by atoms with Gasteiger partial charge in [0.15, 0.2) is 5.78 Å². The number of methoxy groups -OCH3 is 1. The van der Waals surface area contributed by atoms with Gasteiger partial charge in [0.2, 0.25) is 0 Å². The molecule has 0 radical (unpaired) electrons. The van der Waals surface area contributed by atoms with Crippen LogP contribution in [0, 0.1) is 11.3 Å². The van der Waals surface area contributed by atoms with Gasteiger partial charge in [-0.1, -0.05) is 55.3 Å². The summed E-state index contributed by atoms with van der Waals surface area (Å²) < 4.78 is 5.14. The van der Waals surface area contributed by atoms with E-state index in [-0.39, 0.29) is 27.9 Å². The van der Waals surface area contributed by atoms with Gasteiger partial charge in [0.05, 0.1) is 17.4 Å². The van der Waals surface area contributed by atoms with Crippen molar-refractivity contribution in [1.29, 1.82) is 0 Å². The van der Waals surface area contributed by atoms with Crippen molar-refractivity contribution in [3.05, 3.63) is 34.9 Å². The van der Waals surface area contributed by atoms with Gasteiger partial charge in [-0.3, -0.25) is 9.59 Å². The van der Waals surface area contributed by atoms with E-state index >= 15 is 0 Å². The minimum Gasteiger partial charge on any atom is -0.469 e. The highest BCUT2D eigenvalue weighted by atomic mass is 79.9. The van der Waals surface area contributed by atoms with Crippen molar-refractivity contribution in [3.63, 3.8) is 0 Å². The van der Waals surface area contributed by atoms with Crippen LogP contribution in [0.15, 0.2) is 18.2 Å². The van der Waals surface area contributed by atoms with E-state index in [1.165, 1.54) is 12.7 Å². The zero-order valence-corrected chi connectivity index (χ0v) is 17.3. The number of carbonyl (C=O) groups excluding carboxylic acids is 2. The highest BCUT2D eigenvalue weighted by molar-refractivity contribution is 9.10. The molecule has 2 aliphatic carbocycles. The fraction of sp³-hybridized carbons (Fsp3) is 0.619. The summed E-state index contributed by atoms with van der Waals surface area (Å²) in [5, 5.41) is 0. The van der Waals surface area contributed by atoms with E-state index in [4.69, 9.17) is 4.74 Å². The van der Waals surface area contributed by atoms with Crippen molar-refractivity contribution in [1.82, 2.24) is 0 Å². The van der Waals surface area contributed by atoms with Gasteiger partial charge in [-0.2, -0.15) is 0 Å². The molecule has 1 aromatic carbocycles.